The number of hydrogen-bond donors (Lipinski definition) is 2. The van der Waals surface area contributed by atoms with Gasteiger partial charge >= 0.3 is 10.8 Å². The van der Waals surface area contributed by atoms with Crippen LogP contribution in [-0.2, 0) is 25.7 Å². The van der Waals surface area contributed by atoms with Gasteiger partial charge in [-0.1, -0.05) is 23.5 Å². The maximum Gasteiger partial charge on any atom is 0.326 e. The highest BCUT2D eigenvalue weighted by Crippen LogP contribution is 2.17. The molecule has 2 aromatic rings. The Morgan fingerprint density at radius 3 is 2.56 bits per heavy atom. The van der Waals surface area contributed by atoms with Crippen LogP contribution in [0.15, 0.2) is 28.4 Å². The molecule has 0 aliphatic carbocycles. The van der Waals surface area contributed by atoms with Crippen LogP contribution in [0.2, 0.25) is 0 Å². The fraction of sp³-hybridized carbons (Fsp3) is 0.333. The van der Waals surface area contributed by atoms with Crippen molar-refractivity contribution in [1.29, 1.82) is 0 Å². The number of amides is 2. The average Bonchev–Trinajstić information content (AvgIpc) is 2.94. The molecule has 0 fully saturated rings. The summed E-state index contributed by atoms with van der Waals surface area (Å²) in [7, 11) is 0. The molecule has 0 saturated carbocycles. The Hall–Kier alpha value is -2.94. The standard InChI is InChI=1S/C18H21N3O5S/c1-11-5-4-6-14(13(11)3)20-15(22)7-19-16(23)9-26-17(24)8-21-12(2)10-27-18(21)25/h4-6,10H,7-9H2,1-3H3,(H,19,23)(H,20,22). The SMILES string of the molecule is Cc1cccc(NC(=O)CNC(=O)COC(=O)Cn2c(C)csc2=O)c1C. The summed E-state index contributed by atoms with van der Waals surface area (Å²) in [6, 6.07) is 5.54. The van der Waals surface area contributed by atoms with Gasteiger partial charge in [0.1, 0.15) is 6.54 Å². The quantitative estimate of drug-likeness (QED) is 0.688. The number of aryl methyl sites for hydroxylation is 2. The number of aromatic nitrogens is 1. The zero-order valence-electron chi connectivity index (χ0n) is 15.3. The van der Waals surface area contributed by atoms with Gasteiger partial charge in [0, 0.05) is 16.8 Å². The van der Waals surface area contributed by atoms with E-state index in [1.165, 1.54) is 4.57 Å². The second-order valence-corrected chi connectivity index (χ2v) is 6.78. The van der Waals surface area contributed by atoms with Crippen molar-refractivity contribution >= 4 is 34.8 Å². The van der Waals surface area contributed by atoms with Crippen molar-refractivity contribution in [2.45, 2.75) is 27.3 Å². The predicted octanol–water partition coefficient (Wildman–Crippen LogP) is 1.13. The van der Waals surface area contributed by atoms with Crippen LogP contribution >= 0.6 is 11.3 Å². The molecule has 144 valence electrons. The Balaban J connectivity index is 1.74. The van der Waals surface area contributed by atoms with Gasteiger partial charge in [-0.15, -0.1) is 0 Å². The summed E-state index contributed by atoms with van der Waals surface area (Å²) in [6.45, 7) is 4.51. The number of hydrogen-bond acceptors (Lipinski definition) is 6. The fourth-order valence-electron chi connectivity index (χ4n) is 2.23. The number of thiazole rings is 1. The zero-order valence-corrected chi connectivity index (χ0v) is 16.1. The van der Waals surface area contributed by atoms with Crippen molar-refractivity contribution in [3.63, 3.8) is 0 Å². The molecule has 27 heavy (non-hydrogen) atoms. The minimum Gasteiger partial charge on any atom is -0.454 e. The molecule has 2 rings (SSSR count). The average molecular weight is 391 g/mol. The third-order valence-corrected chi connectivity index (χ3v) is 4.83. The van der Waals surface area contributed by atoms with E-state index in [1.54, 1.807) is 18.4 Å². The highest BCUT2D eigenvalue weighted by atomic mass is 32.1. The maximum atomic E-state index is 11.9. The maximum absolute atomic E-state index is 11.9. The van der Waals surface area contributed by atoms with Gasteiger partial charge in [0.2, 0.25) is 5.91 Å². The van der Waals surface area contributed by atoms with Gasteiger partial charge in [-0.25, -0.2) is 0 Å². The molecule has 1 heterocycles. The number of rotatable bonds is 7. The lowest BCUT2D eigenvalue weighted by atomic mass is 10.1. The second kappa shape index (κ2) is 9.13. The van der Waals surface area contributed by atoms with Crippen molar-refractivity contribution in [3.8, 4) is 0 Å². The van der Waals surface area contributed by atoms with Gasteiger partial charge in [0.05, 0.1) is 6.54 Å². The third-order valence-electron chi connectivity index (χ3n) is 3.95. The Labute approximate surface area is 160 Å². The highest BCUT2D eigenvalue weighted by molar-refractivity contribution is 7.07. The van der Waals surface area contributed by atoms with Crippen LogP contribution in [0.4, 0.5) is 5.69 Å². The molecule has 0 aliphatic heterocycles. The first-order valence-electron chi connectivity index (χ1n) is 8.21. The minimum atomic E-state index is -0.700. The van der Waals surface area contributed by atoms with Crippen LogP contribution in [0.3, 0.4) is 0 Å². The Morgan fingerprint density at radius 2 is 1.89 bits per heavy atom. The van der Waals surface area contributed by atoms with E-state index in [0.29, 0.717) is 11.4 Å². The molecule has 0 radical (unpaired) electrons. The minimum absolute atomic E-state index is 0.243. The number of esters is 1. The van der Waals surface area contributed by atoms with Gasteiger partial charge in [0.15, 0.2) is 6.61 Å². The monoisotopic (exact) mass is 391 g/mol. The molecule has 1 aromatic heterocycles. The first kappa shape index (κ1) is 20.4. The Morgan fingerprint density at radius 1 is 1.15 bits per heavy atom. The molecular weight excluding hydrogens is 370 g/mol. The number of nitrogens with one attached hydrogen (secondary N) is 2. The van der Waals surface area contributed by atoms with E-state index in [1.807, 2.05) is 26.0 Å². The van der Waals surface area contributed by atoms with Gasteiger partial charge in [-0.3, -0.25) is 23.7 Å². The first-order valence-corrected chi connectivity index (χ1v) is 9.09. The largest absolute Gasteiger partial charge is 0.454 e. The summed E-state index contributed by atoms with van der Waals surface area (Å²) in [4.78, 5) is 46.7. The van der Waals surface area contributed by atoms with Crippen molar-refractivity contribution in [2.24, 2.45) is 0 Å². The molecule has 9 heteroatoms. The summed E-state index contributed by atoms with van der Waals surface area (Å²) in [5.74, 6) is -1.69. The van der Waals surface area contributed by atoms with Gasteiger partial charge in [-0.2, -0.15) is 0 Å². The van der Waals surface area contributed by atoms with Gasteiger partial charge in [0.25, 0.3) is 5.91 Å². The van der Waals surface area contributed by atoms with Crippen LogP contribution in [0, 0.1) is 20.8 Å². The second-order valence-electron chi connectivity index (χ2n) is 5.96. The van der Waals surface area contributed by atoms with Crippen molar-refractivity contribution in [3.05, 3.63) is 50.1 Å². The molecule has 0 spiro atoms. The van der Waals surface area contributed by atoms with Crippen LogP contribution in [0.1, 0.15) is 16.8 Å². The molecule has 8 nitrogen and oxygen atoms in total. The van der Waals surface area contributed by atoms with E-state index >= 15 is 0 Å². The van der Waals surface area contributed by atoms with Crippen molar-refractivity contribution in [1.82, 2.24) is 9.88 Å². The van der Waals surface area contributed by atoms with E-state index in [0.717, 1.165) is 22.5 Å². The lowest BCUT2D eigenvalue weighted by Gasteiger charge is -2.11. The fourth-order valence-corrected chi connectivity index (χ4v) is 2.96. The van der Waals surface area contributed by atoms with Crippen LogP contribution in [0.25, 0.3) is 0 Å². The number of ether oxygens (including phenoxy) is 1. The van der Waals surface area contributed by atoms with Crippen LogP contribution in [0.5, 0.6) is 0 Å². The lowest BCUT2D eigenvalue weighted by Crippen LogP contribution is -2.36. The molecule has 0 atom stereocenters. The van der Waals surface area contributed by atoms with Gasteiger partial charge in [-0.05, 0) is 38.0 Å². The number of carbonyl (C=O) groups is 3. The van der Waals surface area contributed by atoms with Crippen LogP contribution < -0.4 is 15.5 Å². The number of anilines is 1. The normalized spacial score (nSPS) is 10.3. The molecule has 2 N–H and O–H groups in total. The number of carbonyl (C=O) groups excluding carboxylic acids is 3. The molecule has 2 amide bonds. The predicted molar refractivity (Wildman–Crippen MR) is 102 cm³/mol. The summed E-state index contributed by atoms with van der Waals surface area (Å²) in [6.07, 6.45) is 0. The van der Waals surface area contributed by atoms with E-state index in [-0.39, 0.29) is 23.9 Å². The third kappa shape index (κ3) is 5.78. The Bertz CT molecular complexity index is 916. The number of nitrogens with zero attached hydrogens (tertiary/aromatic N) is 1. The van der Waals surface area contributed by atoms with Crippen LogP contribution in [-0.4, -0.2) is 35.5 Å². The molecule has 0 bridgehead atoms. The molecule has 0 aliphatic rings. The van der Waals surface area contributed by atoms with Crippen molar-refractivity contribution < 1.29 is 19.1 Å². The smallest absolute Gasteiger partial charge is 0.326 e. The van der Waals surface area contributed by atoms with E-state index in [2.05, 4.69) is 10.6 Å². The topological polar surface area (TPSA) is 106 Å². The number of benzene rings is 1. The summed E-state index contributed by atoms with van der Waals surface area (Å²) in [5.41, 5.74) is 3.32. The molecule has 0 saturated heterocycles. The molecule has 1 aromatic carbocycles. The molecular formula is C18H21N3O5S. The lowest BCUT2D eigenvalue weighted by molar-refractivity contribution is -0.149. The van der Waals surface area contributed by atoms with E-state index < -0.39 is 18.5 Å². The summed E-state index contributed by atoms with van der Waals surface area (Å²) >= 11 is 0.987. The van der Waals surface area contributed by atoms with Crippen molar-refractivity contribution in [2.75, 3.05) is 18.5 Å². The van der Waals surface area contributed by atoms with Gasteiger partial charge < -0.3 is 15.4 Å². The summed E-state index contributed by atoms with van der Waals surface area (Å²) in [5, 5.41) is 6.73. The summed E-state index contributed by atoms with van der Waals surface area (Å²) < 4.78 is 6.10. The van der Waals surface area contributed by atoms with E-state index in [4.69, 9.17) is 4.74 Å². The molecule has 0 unspecified atom stereocenters. The zero-order chi connectivity index (χ0) is 20.0. The van der Waals surface area contributed by atoms with E-state index in [9.17, 15) is 19.2 Å². The Kier molecular flexibility index (Phi) is 6.89. The first-order chi connectivity index (χ1) is 12.8. The highest BCUT2D eigenvalue weighted by Gasteiger charge is 2.13.